The average molecular weight is 258 g/mol. The van der Waals surface area contributed by atoms with Crippen LogP contribution in [0.15, 0.2) is 36.8 Å². The molecule has 0 bridgehead atoms. The van der Waals surface area contributed by atoms with Crippen LogP contribution in [0.3, 0.4) is 0 Å². The highest BCUT2D eigenvalue weighted by molar-refractivity contribution is 6.04. The van der Waals surface area contributed by atoms with Gasteiger partial charge in [0.1, 0.15) is 5.69 Å². The molecule has 19 heavy (non-hydrogen) atoms. The summed E-state index contributed by atoms with van der Waals surface area (Å²) < 4.78 is 1.72. The highest BCUT2D eigenvalue weighted by atomic mass is 16.2. The van der Waals surface area contributed by atoms with Gasteiger partial charge in [-0.3, -0.25) is 4.79 Å². The minimum absolute atomic E-state index is 0.0528. The van der Waals surface area contributed by atoms with Gasteiger partial charge in [0.15, 0.2) is 0 Å². The molecular weight excluding hydrogens is 240 g/mol. The van der Waals surface area contributed by atoms with Crippen molar-refractivity contribution in [3.05, 3.63) is 48.0 Å². The Morgan fingerprint density at radius 1 is 1.37 bits per heavy atom. The number of imidazole rings is 1. The second-order valence-electron chi connectivity index (χ2n) is 4.31. The number of rotatable bonds is 4. The minimum atomic E-state index is -0.0528. The van der Waals surface area contributed by atoms with Crippen LogP contribution >= 0.6 is 0 Å². The van der Waals surface area contributed by atoms with E-state index in [0.29, 0.717) is 18.8 Å². The number of hydrogen-bond acceptors (Lipinski definition) is 3. The average Bonchev–Trinajstić information content (AvgIpc) is 2.86. The van der Waals surface area contributed by atoms with E-state index in [9.17, 15) is 4.79 Å². The molecule has 2 aromatic rings. The lowest BCUT2D eigenvalue weighted by atomic mass is 10.2. The number of hydrogen-bond donors (Lipinski definition) is 1. The Kier molecular flexibility index (Phi) is 3.97. The van der Waals surface area contributed by atoms with E-state index in [-0.39, 0.29) is 5.91 Å². The Balaban J connectivity index is 2.29. The summed E-state index contributed by atoms with van der Waals surface area (Å²) in [4.78, 5) is 18.2. The third kappa shape index (κ3) is 2.66. The van der Waals surface area contributed by atoms with Crippen molar-refractivity contribution in [1.82, 2.24) is 9.55 Å². The predicted molar refractivity (Wildman–Crippen MR) is 74.9 cm³/mol. The van der Waals surface area contributed by atoms with Crippen LogP contribution in [0.5, 0.6) is 0 Å². The van der Waals surface area contributed by atoms with Crippen LogP contribution in [0.4, 0.5) is 5.69 Å². The number of nitrogens with two attached hydrogens (primary N) is 1. The van der Waals surface area contributed by atoms with Gasteiger partial charge in [0.25, 0.3) is 5.91 Å². The van der Waals surface area contributed by atoms with Crippen LogP contribution < -0.4 is 10.6 Å². The van der Waals surface area contributed by atoms with E-state index in [1.165, 1.54) is 0 Å². The number of carbonyl (C=O) groups excluding carboxylic acids is 1. The molecule has 0 fully saturated rings. The van der Waals surface area contributed by atoms with Crippen molar-refractivity contribution in [3.8, 4) is 0 Å². The number of aryl methyl sites for hydroxylation is 1. The van der Waals surface area contributed by atoms with Gasteiger partial charge in [-0.15, -0.1) is 0 Å². The lowest BCUT2D eigenvalue weighted by Crippen LogP contribution is -2.31. The molecule has 0 unspecified atom stereocenters. The second-order valence-corrected chi connectivity index (χ2v) is 4.31. The molecule has 1 amide bonds. The molecule has 0 radical (unpaired) electrons. The van der Waals surface area contributed by atoms with Crippen molar-refractivity contribution < 1.29 is 4.79 Å². The molecular formula is C14H18N4O. The normalized spacial score (nSPS) is 10.5. The van der Waals surface area contributed by atoms with Gasteiger partial charge in [-0.25, -0.2) is 4.98 Å². The van der Waals surface area contributed by atoms with Crippen molar-refractivity contribution in [2.45, 2.75) is 13.5 Å². The van der Waals surface area contributed by atoms with Crippen molar-refractivity contribution in [1.29, 1.82) is 0 Å². The van der Waals surface area contributed by atoms with Gasteiger partial charge in [0.05, 0.1) is 12.5 Å². The van der Waals surface area contributed by atoms with E-state index in [2.05, 4.69) is 4.98 Å². The maximum Gasteiger partial charge on any atom is 0.276 e. The monoisotopic (exact) mass is 258 g/mol. The lowest BCUT2D eigenvalue weighted by Gasteiger charge is -2.21. The molecule has 0 spiro atoms. The maximum atomic E-state index is 12.5. The summed E-state index contributed by atoms with van der Waals surface area (Å²) in [5.74, 6) is -0.0528. The van der Waals surface area contributed by atoms with Crippen LogP contribution in [0.25, 0.3) is 0 Å². The maximum absolute atomic E-state index is 12.5. The Morgan fingerprint density at radius 3 is 2.53 bits per heavy atom. The fourth-order valence-corrected chi connectivity index (χ4v) is 1.96. The largest absolute Gasteiger partial charge is 0.330 e. The number of aromatic nitrogens is 2. The van der Waals surface area contributed by atoms with Crippen LogP contribution in [0.2, 0.25) is 0 Å². The molecule has 5 heteroatoms. The lowest BCUT2D eigenvalue weighted by molar-refractivity contribution is 0.0980. The number of anilines is 1. The SMILES string of the molecule is CCN(C(=O)c1cncn1C)c1ccc(CN)cc1. The predicted octanol–water partition coefficient (Wildman–Crippen LogP) is 1.55. The van der Waals surface area contributed by atoms with Gasteiger partial charge in [-0.1, -0.05) is 12.1 Å². The molecule has 5 nitrogen and oxygen atoms in total. The Morgan fingerprint density at radius 2 is 2.05 bits per heavy atom. The zero-order chi connectivity index (χ0) is 13.8. The van der Waals surface area contributed by atoms with Crippen LogP contribution in [-0.4, -0.2) is 22.0 Å². The Bertz CT molecular complexity index is 559. The fraction of sp³-hybridized carbons (Fsp3) is 0.286. The van der Waals surface area contributed by atoms with Crippen LogP contribution in [0, 0.1) is 0 Å². The first-order valence-electron chi connectivity index (χ1n) is 6.24. The number of amides is 1. The molecule has 0 aliphatic rings. The first-order valence-corrected chi connectivity index (χ1v) is 6.24. The van der Waals surface area contributed by atoms with Gasteiger partial charge >= 0.3 is 0 Å². The van der Waals surface area contributed by atoms with E-state index in [1.54, 1.807) is 22.0 Å². The Hall–Kier alpha value is -2.14. The van der Waals surface area contributed by atoms with Gasteiger partial charge in [0.2, 0.25) is 0 Å². The molecule has 0 aliphatic heterocycles. The van der Waals surface area contributed by atoms with Crippen molar-refractivity contribution >= 4 is 11.6 Å². The molecule has 100 valence electrons. The first kappa shape index (κ1) is 13.3. The highest BCUT2D eigenvalue weighted by Crippen LogP contribution is 2.17. The number of carbonyl (C=O) groups is 1. The molecule has 1 aromatic carbocycles. The third-order valence-electron chi connectivity index (χ3n) is 3.08. The fourth-order valence-electron chi connectivity index (χ4n) is 1.96. The summed E-state index contributed by atoms with van der Waals surface area (Å²) in [5.41, 5.74) is 8.06. The quantitative estimate of drug-likeness (QED) is 0.904. The highest BCUT2D eigenvalue weighted by Gasteiger charge is 2.18. The van der Waals surface area contributed by atoms with Gasteiger partial charge in [-0.2, -0.15) is 0 Å². The van der Waals surface area contributed by atoms with Crippen molar-refractivity contribution in [2.24, 2.45) is 12.8 Å². The van der Waals surface area contributed by atoms with E-state index < -0.39 is 0 Å². The first-order chi connectivity index (χ1) is 9.17. The minimum Gasteiger partial charge on any atom is -0.330 e. The summed E-state index contributed by atoms with van der Waals surface area (Å²) >= 11 is 0. The van der Waals surface area contributed by atoms with Crippen molar-refractivity contribution in [2.75, 3.05) is 11.4 Å². The summed E-state index contributed by atoms with van der Waals surface area (Å²) in [6.07, 6.45) is 3.21. The summed E-state index contributed by atoms with van der Waals surface area (Å²) in [6, 6.07) is 7.71. The summed E-state index contributed by atoms with van der Waals surface area (Å²) in [6.45, 7) is 3.05. The standard InChI is InChI=1S/C14H18N4O/c1-3-18(12-6-4-11(8-15)5-7-12)14(19)13-9-16-10-17(13)2/h4-7,9-10H,3,8,15H2,1-2H3. The van der Waals surface area contributed by atoms with Crippen molar-refractivity contribution in [3.63, 3.8) is 0 Å². The second kappa shape index (κ2) is 5.67. The molecule has 1 heterocycles. The zero-order valence-electron chi connectivity index (χ0n) is 11.2. The molecule has 0 aliphatic carbocycles. The summed E-state index contributed by atoms with van der Waals surface area (Å²) in [7, 11) is 1.81. The van der Waals surface area contributed by atoms with E-state index >= 15 is 0 Å². The summed E-state index contributed by atoms with van der Waals surface area (Å²) in [5, 5.41) is 0. The number of benzene rings is 1. The number of nitrogens with zero attached hydrogens (tertiary/aromatic N) is 3. The van der Waals surface area contributed by atoms with Crippen LogP contribution in [-0.2, 0) is 13.6 Å². The van der Waals surface area contributed by atoms with Crippen LogP contribution in [0.1, 0.15) is 23.0 Å². The molecule has 0 saturated carbocycles. The molecule has 0 saturated heterocycles. The molecule has 1 aromatic heterocycles. The van der Waals surface area contributed by atoms with Gasteiger partial charge < -0.3 is 15.2 Å². The van der Waals surface area contributed by atoms with E-state index in [4.69, 9.17) is 5.73 Å². The molecule has 2 rings (SSSR count). The van der Waals surface area contributed by atoms with Gasteiger partial charge in [-0.05, 0) is 24.6 Å². The van der Waals surface area contributed by atoms with E-state index in [0.717, 1.165) is 11.3 Å². The topological polar surface area (TPSA) is 64.2 Å². The molecule has 2 N–H and O–H groups in total. The Labute approximate surface area is 112 Å². The molecule has 0 atom stereocenters. The smallest absolute Gasteiger partial charge is 0.276 e. The zero-order valence-corrected chi connectivity index (χ0v) is 11.2. The third-order valence-corrected chi connectivity index (χ3v) is 3.08. The van der Waals surface area contributed by atoms with Gasteiger partial charge in [0, 0.05) is 25.8 Å². The van der Waals surface area contributed by atoms with E-state index in [1.807, 2.05) is 38.2 Å².